The van der Waals surface area contributed by atoms with E-state index in [1.807, 2.05) is 12.1 Å². The molecule has 0 N–H and O–H groups in total. The molecule has 0 saturated carbocycles. The second kappa shape index (κ2) is 4.21. The molecule has 1 aromatic rings. The summed E-state index contributed by atoms with van der Waals surface area (Å²) in [6.45, 7) is 3.33. The van der Waals surface area contributed by atoms with E-state index < -0.39 is 0 Å². The molecule has 3 heteroatoms. The van der Waals surface area contributed by atoms with Crippen molar-refractivity contribution in [2.75, 3.05) is 13.1 Å². The van der Waals surface area contributed by atoms with Crippen molar-refractivity contribution in [1.82, 2.24) is 9.88 Å². The fourth-order valence-corrected chi connectivity index (χ4v) is 1.83. The number of rotatable bonds is 2. The summed E-state index contributed by atoms with van der Waals surface area (Å²) in [5.74, 6) is 0. The highest BCUT2D eigenvalue weighted by Crippen LogP contribution is 2.12. The summed E-state index contributed by atoms with van der Waals surface area (Å²) in [4.78, 5) is 6.37. The number of hydrogen-bond acceptors (Lipinski definition) is 3. The molecule has 0 aliphatic carbocycles. The Kier molecular flexibility index (Phi) is 2.76. The van der Waals surface area contributed by atoms with Crippen LogP contribution in [0.5, 0.6) is 0 Å². The topological polar surface area (TPSA) is 39.9 Å². The van der Waals surface area contributed by atoms with Crippen molar-refractivity contribution in [2.24, 2.45) is 0 Å². The van der Waals surface area contributed by atoms with E-state index in [4.69, 9.17) is 5.26 Å². The van der Waals surface area contributed by atoms with Gasteiger partial charge in [0.05, 0.1) is 0 Å². The van der Waals surface area contributed by atoms with Crippen molar-refractivity contribution in [1.29, 1.82) is 5.26 Å². The van der Waals surface area contributed by atoms with Gasteiger partial charge in [-0.05, 0) is 43.6 Å². The Hall–Kier alpha value is -1.40. The van der Waals surface area contributed by atoms with E-state index in [1.165, 1.54) is 31.5 Å². The van der Waals surface area contributed by atoms with Crippen LogP contribution in [0.2, 0.25) is 0 Å². The van der Waals surface area contributed by atoms with Crippen LogP contribution in [-0.2, 0) is 6.54 Å². The Morgan fingerprint density at radius 2 is 2.21 bits per heavy atom. The second-order valence-electron chi connectivity index (χ2n) is 3.64. The predicted octanol–water partition coefficient (Wildman–Crippen LogP) is 1.55. The summed E-state index contributed by atoms with van der Waals surface area (Å²) in [5, 5.41) is 8.70. The van der Waals surface area contributed by atoms with Crippen LogP contribution >= 0.6 is 0 Å². The number of pyridine rings is 1. The fraction of sp³-hybridized carbons (Fsp3) is 0.455. The minimum atomic E-state index is 0.515. The van der Waals surface area contributed by atoms with Crippen molar-refractivity contribution < 1.29 is 0 Å². The lowest BCUT2D eigenvalue weighted by molar-refractivity contribution is 0.331. The number of hydrogen-bond donors (Lipinski definition) is 0. The van der Waals surface area contributed by atoms with Gasteiger partial charge in [-0.3, -0.25) is 4.90 Å². The smallest absolute Gasteiger partial charge is 0.140 e. The first-order chi connectivity index (χ1) is 6.88. The zero-order valence-corrected chi connectivity index (χ0v) is 8.11. The quantitative estimate of drug-likeness (QED) is 0.705. The molecule has 1 fully saturated rings. The van der Waals surface area contributed by atoms with Gasteiger partial charge in [-0.2, -0.15) is 5.26 Å². The maximum atomic E-state index is 8.70. The van der Waals surface area contributed by atoms with Crippen LogP contribution in [0.15, 0.2) is 18.3 Å². The van der Waals surface area contributed by atoms with Crippen LogP contribution in [0.25, 0.3) is 0 Å². The lowest BCUT2D eigenvalue weighted by Crippen LogP contribution is -2.18. The third kappa shape index (κ3) is 2.09. The number of aromatic nitrogens is 1. The maximum Gasteiger partial charge on any atom is 0.140 e. The highest BCUT2D eigenvalue weighted by atomic mass is 15.1. The van der Waals surface area contributed by atoms with Crippen molar-refractivity contribution in [3.63, 3.8) is 0 Å². The molecule has 3 nitrogen and oxygen atoms in total. The van der Waals surface area contributed by atoms with E-state index in [0.29, 0.717) is 5.69 Å². The molecule has 2 heterocycles. The Morgan fingerprint density at radius 1 is 1.43 bits per heavy atom. The van der Waals surface area contributed by atoms with Crippen LogP contribution in [-0.4, -0.2) is 23.0 Å². The first-order valence-corrected chi connectivity index (χ1v) is 4.96. The molecule has 0 radical (unpaired) electrons. The monoisotopic (exact) mass is 187 g/mol. The summed E-state index contributed by atoms with van der Waals surface area (Å²) in [5.41, 5.74) is 1.71. The molecule has 0 atom stereocenters. The first-order valence-electron chi connectivity index (χ1n) is 4.96. The van der Waals surface area contributed by atoms with Crippen LogP contribution in [0.3, 0.4) is 0 Å². The molecule has 0 spiro atoms. The van der Waals surface area contributed by atoms with Crippen LogP contribution in [0.4, 0.5) is 0 Å². The molecule has 14 heavy (non-hydrogen) atoms. The van der Waals surface area contributed by atoms with Gasteiger partial charge in [-0.1, -0.05) is 0 Å². The molecular weight excluding hydrogens is 174 g/mol. The fourth-order valence-electron chi connectivity index (χ4n) is 1.83. The highest BCUT2D eigenvalue weighted by Gasteiger charge is 2.11. The third-order valence-corrected chi connectivity index (χ3v) is 2.54. The van der Waals surface area contributed by atoms with Gasteiger partial charge in [0.1, 0.15) is 11.8 Å². The Labute approximate surface area is 84.0 Å². The summed E-state index contributed by atoms with van der Waals surface area (Å²) in [6, 6.07) is 5.92. The first kappa shape index (κ1) is 9.17. The van der Waals surface area contributed by atoms with Gasteiger partial charge in [0.15, 0.2) is 0 Å². The maximum absolute atomic E-state index is 8.70. The molecule has 0 aromatic carbocycles. The average molecular weight is 187 g/mol. The van der Waals surface area contributed by atoms with Gasteiger partial charge in [-0.15, -0.1) is 0 Å². The molecular formula is C11H13N3. The van der Waals surface area contributed by atoms with Gasteiger partial charge in [0.2, 0.25) is 0 Å². The molecule has 0 unspecified atom stereocenters. The van der Waals surface area contributed by atoms with Crippen molar-refractivity contribution in [2.45, 2.75) is 19.4 Å². The van der Waals surface area contributed by atoms with Gasteiger partial charge >= 0.3 is 0 Å². The largest absolute Gasteiger partial charge is 0.299 e. The molecule has 1 aliphatic heterocycles. The lowest BCUT2D eigenvalue weighted by Gasteiger charge is -2.13. The van der Waals surface area contributed by atoms with Crippen molar-refractivity contribution in [3.8, 4) is 6.07 Å². The van der Waals surface area contributed by atoms with E-state index in [9.17, 15) is 0 Å². The Bertz CT molecular complexity index is 348. The van der Waals surface area contributed by atoms with Crippen LogP contribution < -0.4 is 0 Å². The molecule has 1 saturated heterocycles. The second-order valence-corrected chi connectivity index (χ2v) is 3.64. The third-order valence-electron chi connectivity index (χ3n) is 2.54. The lowest BCUT2D eigenvalue weighted by atomic mass is 10.2. The molecule has 1 aliphatic rings. The van der Waals surface area contributed by atoms with Gasteiger partial charge in [0.25, 0.3) is 0 Å². The molecule has 2 rings (SSSR count). The van der Waals surface area contributed by atoms with E-state index >= 15 is 0 Å². The predicted molar refractivity (Wildman–Crippen MR) is 53.5 cm³/mol. The summed E-state index contributed by atoms with van der Waals surface area (Å²) in [6.07, 6.45) is 4.32. The zero-order valence-electron chi connectivity index (χ0n) is 8.11. The van der Waals surface area contributed by atoms with E-state index in [-0.39, 0.29) is 0 Å². The standard InChI is InChI=1S/C11H13N3/c12-8-11-7-10(3-4-13-11)9-14-5-1-2-6-14/h3-4,7H,1-2,5-6,9H2. The zero-order chi connectivity index (χ0) is 9.80. The molecule has 72 valence electrons. The summed E-state index contributed by atoms with van der Waals surface area (Å²) >= 11 is 0. The average Bonchev–Trinajstić information content (AvgIpc) is 2.71. The Balaban J connectivity index is 2.05. The number of nitriles is 1. The summed E-state index contributed by atoms with van der Waals surface area (Å²) < 4.78 is 0. The normalized spacial score (nSPS) is 16.8. The highest BCUT2D eigenvalue weighted by molar-refractivity contribution is 5.25. The molecule has 0 amide bonds. The van der Waals surface area contributed by atoms with Crippen LogP contribution in [0, 0.1) is 11.3 Å². The SMILES string of the molecule is N#Cc1cc(CN2CCCC2)ccn1. The van der Waals surface area contributed by atoms with Crippen LogP contribution in [0.1, 0.15) is 24.1 Å². The van der Waals surface area contributed by atoms with Gasteiger partial charge in [0, 0.05) is 12.7 Å². The van der Waals surface area contributed by atoms with E-state index in [0.717, 1.165) is 6.54 Å². The van der Waals surface area contributed by atoms with E-state index in [1.54, 1.807) is 6.20 Å². The summed E-state index contributed by atoms with van der Waals surface area (Å²) in [7, 11) is 0. The van der Waals surface area contributed by atoms with Gasteiger partial charge < -0.3 is 0 Å². The van der Waals surface area contributed by atoms with Crippen molar-refractivity contribution >= 4 is 0 Å². The van der Waals surface area contributed by atoms with Gasteiger partial charge in [-0.25, -0.2) is 4.98 Å². The molecule has 0 bridgehead atoms. The minimum absolute atomic E-state index is 0.515. The number of nitrogens with zero attached hydrogens (tertiary/aromatic N) is 3. The van der Waals surface area contributed by atoms with Crippen molar-refractivity contribution in [3.05, 3.63) is 29.6 Å². The number of likely N-dealkylation sites (tertiary alicyclic amines) is 1. The Morgan fingerprint density at radius 3 is 2.93 bits per heavy atom. The minimum Gasteiger partial charge on any atom is -0.299 e. The molecule has 1 aromatic heterocycles. The van der Waals surface area contributed by atoms with E-state index in [2.05, 4.69) is 16.0 Å².